The predicted octanol–water partition coefficient (Wildman–Crippen LogP) is 1.87. The van der Waals surface area contributed by atoms with Crippen molar-refractivity contribution in [2.75, 3.05) is 31.1 Å². The number of carbonyl (C=O) groups is 2. The molecule has 5 heterocycles. The summed E-state index contributed by atoms with van der Waals surface area (Å²) in [6.07, 6.45) is 7.56. The van der Waals surface area contributed by atoms with Gasteiger partial charge in [0.1, 0.15) is 0 Å². The van der Waals surface area contributed by atoms with E-state index in [0.29, 0.717) is 42.0 Å². The summed E-state index contributed by atoms with van der Waals surface area (Å²) in [5.74, 6) is -0.524. The molecule has 162 valence electrons. The standard InChI is InChI=1S/C22H25FN6O2/c1-3-16(30)28-7-4-5-22(12-28)6-8-29(13-22)20-18(23)15-10-24-21(31)17(15)19(26-20)14-9-25-27(2)11-14/h3,9,11H,1,4-8,10,12-13H2,2H3,(H,24,31). The van der Waals surface area contributed by atoms with Crippen molar-refractivity contribution in [2.24, 2.45) is 12.5 Å². The van der Waals surface area contributed by atoms with Gasteiger partial charge in [-0.05, 0) is 25.3 Å². The average Bonchev–Trinajstić information content (AvgIpc) is 3.48. The number of amides is 2. The highest BCUT2D eigenvalue weighted by atomic mass is 19.1. The maximum absolute atomic E-state index is 15.5. The van der Waals surface area contributed by atoms with Gasteiger partial charge in [-0.2, -0.15) is 5.10 Å². The molecular weight excluding hydrogens is 399 g/mol. The van der Waals surface area contributed by atoms with Crippen molar-refractivity contribution in [2.45, 2.75) is 25.8 Å². The Morgan fingerprint density at radius 3 is 2.90 bits per heavy atom. The Hall–Kier alpha value is -3.23. The lowest BCUT2D eigenvalue weighted by Crippen LogP contribution is -2.47. The minimum atomic E-state index is -0.437. The van der Waals surface area contributed by atoms with Gasteiger partial charge in [0.2, 0.25) is 5.91 Å². The fourth-order valence-electron chi connectivity index (χ4n) is 5.20. The molecule has 1 spiro atoms. The molecule has 1 atom stereocenters. The maximum Gasteiger partial charge on any atom is 0.254 e. The second-order valence-corrected chi connectivity index (χ2v) is 8.78. The third-order valence-corrected chi connectivity index (χ3v) is 6.73. The topological polar surface area (TPSA) is 83.4 Å². The van der Waals surface area contributed by atoms with Gasteiger partial charge in [0.15, 0.2) is 11.6 Å². The third kappa shape index (κ3) is 3.19. The number of likely N-dealkylation sites (tertiary alicyclic amines) is 1. The lowest BCUT2D eigenvalue weighted by Gasteiger charge is -2.40. The van der Waals surface area contributed by atoms with Crippen LogP contribution in [0.4, 0.5) is 10.2 Å². The molecular formula is C22H25FN6O2. The van der Waals surface area contributed by atoms with Crippen molar-refractivity contribution in [3.8, 4) is 11.3 Å². The Morgan fingerprint density at radius 1 is 1.32 bits per heavy atom. The zero-order valence-electron chi connectivity index (χ0n) is 17.5. The highest BCUT2D eigenvalue weighted by Gasteiger charge is 2.44. The quantitative estimate of drug-likeness (QED) is 0.761. The van der Waals surface area contributed by atoms with Crippen molar-refractivity contribution < 1.29 is 14.0 Å². The number of piperidine rings is 1. The second kappa shape index (κ2) is 7.18. The fourth-order valence-corrected chi connectivity index (χ4v) is 5.20. The van der Waals surface area contributed by atoms with E-state index in [0.717, 1.165) is 25.8 Å². The molecule has 2 aromatic heterocycles. The SMILES string of the molecule is C=CC(=O)N1CCCC2(CCN(c3nc(-c4cnn(C)c4)c4c(c3F)CNC4=O)C2)C1. The van der Waals surface area contributed by atoms with E-state index < -0.39 is 5.82 Å². The van der Waals surface area contributed by atoms with Gasteiger partial charge in [0.05, 0.1) is 17.5 Å². The van der Waals surface area contributed by atoms with Gasteiger partial charge in [-0.1, -0.05) is 6.58 Å². The van der Waals surface area contributed by atoms with E-state index in [-0.39, 0.29) is 29.6 Å². The number of hydrogen-bond acceptors (Lipinski definition) is 5. The Labute approximate surface area is 179 Å². The number of anilines is 1. The summed E-state index contributed by atoms with van der Waals surface area (Å²) < 4.78 is 17.2. The number of carbonyl (C=O) groups excluding carboxylic acids is 2. The largest absolute Gasteiger partial charge is 0.354 e. The molecule has 2 fully saturated rings. The molecule has 2 aromatic rings. The van der Waals surface area contributed by atoms with E-state index in [1.54, 1.807) is 24.1 Å². The number of pyridine rings is 1. The first-order valence-corrected chi connectivity index (χ1v) is 10.6. The Bertz CT molecular complexity index is 1100. The van der Waals surface area contributed by atoms with E-state index in [2.05, 4.69) is 22.0 Å². The van der Waals surface area contributed by atoms with Crippen molar-refractivity contribution in [1.29, 1.82) is 0 Å². The van der Waals surface area contributed by atoms with E-state index in [1.165, 1.54) is 6.08 Å². The summed E-state index contributed by atoms with van der Waals surface area (Å²) in [4.78, 5) is 33.0. The Morgan fingerprint density at radius 2 is 2.16 bits per heavy atom. The van der Waals surface area contributed by atoms with Crippen LogP contribution in [-0.2, 0) is 18.4 Å². The molecule has 1 unspecified atom stereocenters. The summed E-state index contributed by atoms with van der Waals surface area (Å²) in [5.41, 5.74) is 1.73. The summed E-state index contributed by atoms with van der Waals surface area (Å²) in [7, 11) is 1.79. The van der Waals surface area contributed by atoms with Crippen LogP contribution in [0.2, 0.25) is 0 Å². The van der Waals surface area contributed by atoms with Crippen LogP contribution in [0.3, 0.4) is 0 Å². The fraction of sp³-hybridized carbons (Fsp3) is 0.455. The maximum atomic E-state index is 15.5. The highest BCUT2D eigenvalue weighted by Crippen LogP contribution is 2.42. The van der Waals surface area contributed by atoms with Crippen LogP contribution in [0, 0.1) is 11.2 Å². The number of hydrogen-bond donors (Lipinski definition) is 1. The molecule has 0 aliphatic carbocycles. The number of nitrogens with zero attached hydrogens (tertiary/aromatic N) is 5. The number of aryl methyl sites for hydroxylation is 1. The van der Waals surface area contributed by atoms with Crippen LogP contribution in [0.15, 0.2) is 25.0 Å². The van der Waals surface area contributed by atoms with Gasteiger partial charge >= 0.3 is 0 Å². The minimum Gasteiger partial charge on any atom is -0.354 e. The summed E-state index contributed by atoms with van der Waals surface area (Å²) in [5, 5.41) is 6.91. The minimum absolute atomic E-state index is 0.0530. The number of rotatable bonds is 3. The van der Waals surface area contributed by atoms with E-state index in [9.17, 15) is 9.59 Å². The Balaban J connectivity index is 1.51. The van der Waals surface area contributed by atoms with Crippen molar-refractivity contribution >= 4 is 17.6 Å². The first kappa shape index (κ1) is 19.7. The van der Waals surface area contributed by atoms with Gasteiger partial charge in [-0.25, -0.2) is 9.37 Å². The van der Waals surface area contributed by atoms with Gasteiger partial charge in [-0.3, -0.25) is 14.3 Å². The molecule has 0 aromatic carbocycles. The van der Waals surface area contributed by atoms with E-state index in [1.807, 2.05) is 9.80 Å². The molecule has 31 heavy (non-hydrogen) atoms. The van der Waals surface area contributed by atoms with Crippen molar-refractivity contribution in [1.82, 2.24) is 25.0 Å². The van der Waals surface area contributed by atoms with Gasteiger partial charge < -0.3 is 15.1 Å². The number of aromatic nitrogens is 3. The van der Waals surface area contributed by atoms with Crippen LogP contribution < -0.4 is 10.2 Å². The zero-order valence-corrected chi connectivity index (χ0v) is 17.5. The lowest BCUT2D eigenvalue weighted by atomic mass is 9.79. The molecule has 2 saturated heterocycles. The highest BCUT2D eigenvalue weighted by molar-refractivity contribution is 6.04. The summed E-state index contributed by atoms with van der Waals surface area (Å²) in [6.45, 7) is 6.43. The molecule has 3 aliphatic rings. The van der Waals surface area contributed by atoms with Gasteiger partial charge in [0.25, 0.3) is 5.91 Å². The second-order valence-electron chi connectivity index (χ2n) is 8.78. The van der Waals surface area contributed by atoms with Crippen LogP contribution in [0.5, 0.6) is 0 Å². The molecule has 0 saturated carbocycles. The summed E-state index contributed by atoms with van der Waals surface area (Å²) >= 11 is 0. The van der Waals surface area contributed by atoms with Crippen molar-refractivity contribution in [3.05, 3.63) is 42.0 Å². The molecule has 0 radical (unpaired) electrons. The van der Waals surface area contributed by atoms with Crippen LogP contribution in [-0.4, -0.2) is 57.7 Å². The smallest absolute Gasteiger partial charge is 0.254 e. The number of halogens is 1. The average molecular weight is 424 g/mol. The zero-order chi connectivity index (χ0) is 21.8. The first-order chi connectivity index (χ1) is 14.9. The molecule has 9 heteroatoms. The van der Waals surface area contributed by atoms with Crippen LogP contribution >= 0.6 is 0 Å². The normalized spacial score (nSPS) is 22.7. The molecule has 8 nitrogen and oxygen atoms in total. The Kier molecular flexibility index (Phi) is 4.56. The first-order valence-electron chi connectivity index (χ1n) is 10.6. The molecule has 5 rings (SSSR count). The lowest BCUT2D eigenvalue weighted by molar-refractivity contribution is -0.129. The molecule has 0 bridgehead atoms. The van der Waals surface area contributed by atoms with E-state index >= 15 is 4.39 Å². The van der Waals surface area contributed by atoms with Gasteiger partial charge in [0, 0.05) is 62.5 Å². The molecule has 3 aliphatic heterocycles. The number of nitrogens with one attached hydrogen (secondary N) is 1. The predicted molar refractivity (Wildman–Crippen MR) is 113 cm³/mol. The summed E-state index contributed by atoms with van der Waals surface area (Å²) in [6, 6.07) is 0. The van der Waals surface area contributed by atoms with Crippen LogP contribution in [0.1, 0.15) is 35.2 Å². The monoisotopic (exact) mass is 424 g/mol. The molecule has 1 N–H and O–H groups in total. The van der Waals surface area contributed by atoms with E-state index in [4.69, 9.17) is 0 Å². The third-order valence-electron chi connectivity index (χ3n) is 6.73. The molecule has 2 amide bonds. The van der Waals surface area contributed by atoms with Gasteiger partial charge in [-0.15, -0.1) is 0 Å². The number of fused-ring (bicyclic) bond motifs is 1. The van der Waals surface area contributed by atoms with Crippen LogP contribution in [0.25, 0.3) is 11.3 Å². The van der Waals surface area contributed by atoms with Crippen molar-refractivity contribution in [3.63, 3.8) is 0 Å².